The maximum absolute atomic E-state index is 11.6. The molecule has 0 aromatic heterocycles. The molecule has 2 N–H and O–H groups in total. The summed E-state index contributed by atoms with van der Waals surface area (Å²) in [5.41, 5.74) is 0.987. The van der Waals surface area contributed by atoms with E-state index in [-0.39, 0.29) is 18.7 Å². The first-order valence-corrected chi connectivity index (χ1v) is 6.09. The van der Waals surface area contributed by atoms with E-state index in [0.29, 0.717) is 26.2 Å². The third kappa shape index (κ3) is 3.45. The topological polar surface area (TPSA) is 61.8 Å². The summed E-state index contributed by atoms with van der Waals surface area (Å²) in [6.45, 7) is 2.29. The van der Waals surface area contributed by atoms with Crippen molar-refractivity contribution in [1.82, 2.24) is 10.2 Å². The van der Waals surface area contributed by atoms with E-state index in [1.165, 1.54) is 0 Å². The first kappa shape index (κ1) is 12.9. The Morgan fingerprint density at radius 2 is 2.11 bits per heavy atom. The van der Waals surface area contributed by atoms with Gasteiger partial charge in [-0.15, -0.1) is 0 Å². The number of aliphatic hydroxyl groups is 1. The van der Waals surface area contributed by atoms with Crippen molar-refractivity contribution in [1.29, 1.82) is 0 Å². The van der Waals surface area contributed by atoms with Gasteiger partial charge in [0, 0.05) is 25.7 Å². The molecule has 1 heterocycles. The zero-order chi connectivity index (χ0) is 12.8. The van der Waals surface area contributed by atoms with Crippen molar-refractivity contribution in [3.63, 3.8) is 0 Å². The second-order valence-corrected chi connectivity index (χ2v) is 4.32. The molecule has 2 rings (SSSR count). The van der Waals surface area contributed by atoms with Crippen LogP contribution in [0.2, 0.25) is 0 Å². The molecular weight excluding hydrogens is 232 g/mol. The van der Waals surface area contributed by atoms with Crippen molar-refractivity contribution in [2.75, 3.05) is 26.2 Å². The van der Waals surface area contributed by atoms with Crippen LogP contribution in [0.15, 0.2) is 30.3 Å². The van der Waals surface area contributed by atoms with Crippen LogP contribution in [0.25, 0.3) is 0 Å². The van der Waals surface area contributed by atoms with Gasteiger partial charge in [-0.2, -0.15) is 0 Å². The third-order valence-electron chi connectivity index (χ3n) is 2.89. The van der Waals surface area contributed by atoms with Gasteiger partial charge in [-0.3, -0.25) is 0 Å². The number of likely N-dealkylation sites (tertiary alicyclic amines) is 1. The molecule has 1 fully saturated rings. The number of amides is 1. The Morgan fingerprint density at radius 3 is 2.78 bits per heavy atom. The molecule has 18 heavy (non-hydrogen) atoms. The second kappa shape index (κ2) is 6.37. The van der Waals surface area contributed by atoms with Gasteiger partial charge in [0.05, 0.1) is 6.61 Å². The smallest absolute Gasteiger partial charge is 0.410 e. The van der Waals surface area contributed by atoms with E-state index in [9.17, 15) is 4.79 Å². The Bertz CT molecular complexity index is 377. The Morgan fingerprint density at radius 1 is 1.39 bits per heavy atom. The van der Waals surface area contributed by atoms with E-state index in [0.717, 1.165) is 5.56 Å². The summed E-state index contributed by atoms with van der Waals surface area (Å²) >= 11 is 0. The van der Waals surface area contributed by atoms with Crippen LogP contribution in [-0.4, -0.2) is 48.4 Å². The predicted octanol–water partition coefficient (Wildman–Crippen LogP) is 0.589. The van der Waals surface area contributed by atoms with Crippen LogP contribution >= 0.6 is 0 Å². The van der Waals surface area contributed by atoms with Gasteiger partial charge in [-0.1, -0.05) is 30.3 Å². The number of ether oxygens (including phenoxy) is 1. The van der Waals surface area contributed by atoms with Crippen molar-refractivity contribution in [3.05, 3.63) is 35.9 Å². The minimum absolute atomic E-state index is 0.120. The zero-order valence-electron chi connectivity index (χ0n) is 10.2. The zero-order valence-corrected chi connectivity index (χ0v) is 10.2. The maximum Gasteiger partial charge on any atom is 0.410 e. The van der Waals surface area contributed by atoms with Crippen molar-refractivity contribution in [2.24, 2.45) is 0 Å². The number of aliphatic hydroxyl groups excluding tert-OH is 1. The summed E-state index contributed by atoms with van der Waals surface area (Å²) in [5, 5.41) is 11.8. The number of carbonyl (C=O) groups is 1. The van der Waals surface area contributed by atoms with Crippen LogP contribution in [-0.2, 0) is 11.3 Å². The fourth-order valence-electron chi connectivity index (χ4n) is 1.84. The molecule has 0 unspecified atom stereocenters. The summed E-state index contributed by atoms with van der Waals surface area (Å²) in [5.74, 6) is 0. The highest BCUT2D eigenvalue weighted by molar-refractivity contribution is 5.68. The van der Waals surface area contributed by atoms with Gasteiger partial charge in [-0.05, 0) is 5.56 Å². The summed E-state index contributed by atoms with van der Waals surface area (Å²) in [4.78, 5) is 13.3. The van der Waals surface area contributed by atoms with Gasteiger partial charge >= 0.3 is 6.09 Å². The molecule has 0 bridgehead atoms. The first-order chi connectivity index (χ1) is 8.79. The Balaban J connectivity index is 1.65. The van der Waals surface area contributed by atoms with Gasteiger partial charge in [0.25, 0.3) is 0 Å². The molecule has 0 spiro atoms. The molecule has 0 atom stereocenters. The van der Waals surface area contributed by atoms with E-state index in [1.807, 2.05) is 30.3 Å². The number of hydrogen-bond acceptors (Lipinski definition) is 4. The Kier molecular flexibility index (Phi) is 4.55. The highest BCUT2D eigenvalue weighted by Gasteiger charge is 2.30. The second-order valence-electron chi connectivity index (χ2n) is 4.32. The van der Waals surface area contributed by atoms with Gasteiger partial charge in [0.15, 0.2) is 0 Å². The van der Waals surface area contributed by atoms with Gasteiger partial charge in [-0.25, -0.2) is 4.79 Å². The lowest BCUT2D eigenvalue weighted by molar-refractivity contribution is 0.0594. The van der Waals surface area contributed by atoms with E-state index in [4.69, 9.17) is 9.84 Å². The largest absolute Gasteiger partial charge is 0.445 e. The molecule has 1 aromatic carbocycles. The molecule has 1 aliphatic rings. The molecule has 1 aliphatic heterocycles. The fraction of sp³-hybridized carbons (Fsp3) is 0.462. The normalized spacial score (nSPS) is 15.3. The summed E-state index contributed by atoms with van der Waals surface area (Å²) in [7, 11) is 0. The number of rotatable bonds is 5. The van der Waals surface area contributed by atoms with Gasteiger partial charge < -0.3 is 20.1 Å². The lowest BCUT2D eigenvalue weighted by Crippen LogP contribution is -2.60. The SMILES string of the molecule is O=C(OCc1ccccc1)N1CC(NCCO)C1. The quantitative estimate of drug-likeness (QED) is 0.803. The predicted molar refractivity (Wildman–Crippen MR) is 67.1 cm³/mol. The van der Waals surface area contributed by atoms with Crippen molar-refractivity contribution >= 4 is 6.09 Å². The van der Waals surface area contributed by atoms with Crippen molar-refractivity contribution < 1.29 is 14.6 Å². The minimum atomic E-state index is -0.277. The fourth-order valence-corrected chi connectivity index (χ4v) is 1.84. The molecule has 5 nitrogen and oxygen atoms in total. The lowest BCUT2D eigenvalue weighted by Gasteiger charge is -2.38. The number of benzene rings is 1. The van der Waals surface area contributed by atoms with E-state index in [1.54, 1.807) is 4.90 Å². The molecule has 0 radical (unpaired) electrons. The highest BCUT2D eigenvalue weighted by Crippen LogP contribution is 2.10. The molecule has 1 aromatic rings. The van der Waals surface area contributed by atoms with Crippen molar-refractivity contribution in [2.45, 2.75) is 12.6 Å². The van der Waals surface area contributed by atoms with Crippen LogP contribution in [0.1, 0.15) is 5.56 Å². The summed E-state index contributed by atoms with van der Waals surface area (Å²) < 4.78 is 5.19. The highest BCUT2D eigenvalue weighted by atomic mass is 16.6. The Labute approximate surface area is 106 Å². The molecule has 1 saturated heterocycles. The molecule has 0 aliphatic carbocycles. The molecule has 0 saturated carbocycles. The van der Waals surface area contributed by atoms with Crippen LogP contribution in [0.3, 0.4) is 0 Å². The van der Waals surface area contributed by atoms with E-state index in [2.05, 4.69) is 5.32 Å². The summed E-state index contributed by atoms with van der Waals surface area (Å²) in [6.07, 6.45) is -0.277. The average molecular weight is 250 g/mol. The number of nitrogens with one attached hydrogen (secondary N) is 1. The van der Waals surface area contributed by atoms with E-state index < -0.39 is 0 Å². The van der Waals surface area contributed by atoms with Crippen molar-refractivity contribution in [3.8, 4) is 0 Å². The first-order valence-electron chi connectivity index (χ1n) is 6.09. The van der Waals surface area contributed by atoms with Crippen LogP contribution < -0.4 is 5.32 Å². The Hall–Kier alpha value is -1.59. The monoisotopic (exact) mass is 250 g/mol. The molecular formula is C13H18N2O3. The minimum Gasteiger partial charge on any atom is -0.445 e. The van der Waals surface area contributed by atoms with Gasteiger partial charge in [0.2, 0.25) is 0 Å². The number of hydrogen-bond donors (Lipinski definition) is 2. The van der Waals surface area contributed by atoms with Crippen LogP contribution in [0, 0.1) is 0 Å². The lowest BCUT2D eigenvalue weighted by atomic mass is 10.1. The maximum atomic E-state index is 11.6. The third-order valence-corrected chi connectivity index (χ3v) is 2.89. The van der Waals surface area contributed by atoms with Crippen LogP contribution in [0.4, 0.5) is 4.79 Å². The standard InChI is InChI=1S/C13H18N2O3/c16-7-6-14-12-8-15(9-12)13(17)18-10-11-4-2-1-3-5-11/h1-5,12,14,16H,6-10H2. The molecule has 98 valence electrons. The average Bonchev–Trinajstić information content (AvgIpc) is 2.36. The van der Waals surface area contributed by atoms with Crippen LogP contribution in [0.5, 0.6) is 0 Å². The van der Waals surface area contributed by atoms with E-state index >= 15 is 0 Å². The molecule has 5 heteroatoms. The number of carbonyl (C=O) groups excluding carboxylic acids is 1. The van der Waals surface area contributed by atoms with Gasteiger partial charge in [0.1, 0.15) is 6.61 Å². The molecule has 1 amide bonds. The number of nitrogens with zero attached hydrogens (tertiary/aromatic N) is 1. The summed E-state index contributed by atoms with van der Waals surface area (Å²) in [6, 6.07) is 9.90.